The van der Waals surface area contributed by atoms with Crippen LogP contribution in [0.25, 0.3) is 0 Å². The highest BCUT2D eigenvalue weighted by atomic mass is 16.5. The molecule has 0 aromatic heterocycles. The third-order valence-corrected chi connectivity index (χ3v) is 4.62. The van der Waals surface area contributed by atoms with Crippen molar-refractivity contribution in [2.24, 2.45) is 5.41 Å². The molecule has 24 heavy (non-hydrogen) atoms. The Morgan fingerprint density at radius 3 is 2.33 bits per heavy atom. The average Bonchev–Trinajstić information content (AvgIpc) is 3.05. The van der Waals surface area contributed by atoms with Crippen molar-refractivity contribution in [2.75, 3.05) is 32.6 Å². The second kappa shape index (κ2) is 8.29. The van der Waals surface area contributed by atoms with E-state index in [9.17, 15) is 9.59 Å². The van der Waals surface area contributed by atoms with Gasteiger partial charge in [0.1, 0.15) is 5.41 Å². The number of likely N-dealkylation sites (N-methyl/N-ethyl adjacent to an activating group) is 1. The SMILES string of the molecule is CCOC(=O)C1(C(=O)Nc2ccc(CCN(C)C)cc2)CCCC1. The van der Waals surface area contributed by atoms with Gasteiger partial charge in [-0.25, -0.2) is 0 Å². The molecule has 1 aromatic carbocycles. The topological polar surface area (TPSA) is 58.6 Å². The molecule has 1 saturated carbocycles. The third-order valence-electron chi connectivity index (χ3n) is 4.62. The summed E-state index contributed by atoms with van der Waals surface area (Å²) in [4.78, 5) is 27.2. The highest BCUT2D eigenvalue weighted by molar-refractivity contribution is 6.09. The van der Waals surface area contributed by atoms with Gasteiger partial charge in [-0.2, -0.15) is 0 Å². The number of rotatable bonds is 7. The number of hydrogen-bond acceptors (Lipinski definition) is 4. The van der Waals surface area contributed by atoms with Crippen LogP contribution < -0.4 is 5.32 Å². The quantitative estimate of drug-likeness (QED) is 0.616. The van der Waals surface area contributed by atoms with Crippen LogP contribution in [0.15, 0.2) is 24.3 Å². The van der Waals surface area contributed by atoms with Crippen LogP contribution in [0.2, 0.25) is 0 Å². The number of carbonyl (C=O) groups is 2. The van der Waals surface area contributed by atoms with Crippen molar-refractivity contribution in [1.82, 2.24) is 4.90 Å². The number of benzene rings is 1. The maximum atomic E-state index is 12.7. The lowest BCUT2D eigenvalue weighted by Crippen LogP contribution is -2.42. The predicted molar refractivity (Wildman–Crippen MR) is 94.9 cm³/mol. The summed E-state index contributed by atoms with van der Waals surface area (Å²) in [5.74, 6) is -0.623. The van der Waals surface area contributed by atoms with E-state index in [1.165, 1.54) is 5.56 Å². The molecule has 1 N–H and O–H groups in total. The molecule has 1 amide bonds. The first-order chi connectivity index (χ1) is 11.5. The van der Waals surface area contributed by atoms with Crippen LogP contribution in [0.3, 0.4) is 0 Å². The number of nitrogens with one attached hydrogen (secondary N) is 1. The molecular weight excluding hydrogens is 304 g/mol. The van der Waals surface area contributed by atoms with Gasteiger partial charge in [0.25, 0.3) is 0 Å². The van der Waals surface area contributed by atoms with Gasteiger partial charge in [-0.15, -0.1) is 0 Å². The van der Waals surface area contributed by atoms with Gasteiger partial charge in [-0.1, -0.05) is 25.0 Å². The van der Waals surface area contributed by atoms with Gasteiger partial charge < -0.3 is 15.0 Å². The number of hydrogen-bond donors (Lipinski definition) is 1. The number of carbonyl (C=O) groups excluding carboxylic acids is 2. The lowest BCUT2D eigenvalue weighted by molar-refractivity contribution is -0.159. The molecule has 1 fully saturated rings. The number of esters is 1. The number of ether oxygens (including phenoxy) is 1. The first-order valence-corrected chi connectivity index (χ1v) is 8.70. The fourth-order valence-corrected chi connectivity index (χ4v) is 3.13. The summed E-state index contributed by atoms with van der Waals surface area (Å²) in [6, 6.07) is 7.84. The van der Waals surface area contributed by atoms with Gasteiger partial charge in [0.15, 0.2) is 0 Å². The lowest BCUT2D eigenvalue weighted by Gasteiger charge is -2.25. The van der Waals surface area contributed by atoms with E-state index in [2.05, 4.69) is 10.2 Å². The van der Waals surface area contributed by atoms with Gasteiger partial charge in [0, 0.05) is 12.2 Å². The summed E-state index contributed by atoms with van der Waals surface area (Å²) in [7, 11) is 4.09. The largest absolute Gasteiger partial charge is 0.465 e. The summed E-state index contributed by atoms with van der Waals surface area (Å²) >= 11 is 0. The maximum absolute atomic E-state index is 12.7. The predicted octanol–water partition coefficient (Wildman–Crippen LogP) is 2.85. The molecule has 0 radical (unpaired) electrons. The number of nitrogens with zero attached hydrogens (tertiary/aromatic N) is 1. The monoisotopic (exact) mass is 332 g/mol. The fraction of sp³-hybridized carbons (Fsp3) is 0.579. The summed E-state index contributed by atoms with van der Waals surface area (Å²) in [6.45, 7) is 3.05. The minimum atomic E-state index is -1.01. The van der Waals surface area contributed by atoms with Crippen LogP contribution in [0.5, 0.6) is 0 Å². The molecule has 1 aromatic rings. The van der Waals surface area contributed by atoms with E-state index < -0.39 is 5.41 Å². The van der Waals surface area contributed by atoms with E-state index in [1.807, 2.05) is 38.4 Å². The normalized spacial score (nSPS) is 16.2. The first kappa shape index (κ1) is 18.5. The molecule has 0 unspecified atom stereocenters. The highest BCUT2D eigenvalue weighted by Gasteiger charge is 2.49. The Morgan fingerprint density at radius 1 is 1.17 bits per heavy atom. The molecule has 0 saturated heterocycles. The second-order valence-electron chi connectivity index (χ2n) is 6.71. The summed E-state index contributed by atoms with van der Waals surface area (Å²) in [5, 5.41) is 2.91. The van der Waals surface area contributed by atoms with E-state index in [1.54, 1.807) is 6.92 Å². The number of amides is 1. The zero-order chi connectivity index (χ0) is 17.6. The second-order valence-corrected chi connectivity index (χ2v) is 6.71. The fourth-order valence-electron chi connectivity index (χ4n) is 3.13. The van der Waals surface area contributed by atoms with Crippen LogP contribution in [-0.2, 0) is 20.7 Å². The minimum Gasteiger partial charge on any atom is -0.465 e. The molecule has 5 heteroatoms. The average molecular weight is 332 g/mol. The van der Waals surface area contributed by atoms with Crippen LogP contribution in [0.1, 0.15) is 38.2 Å². The van der Waals surface area contributed by atoms with Crippen molar-refractivity contribution in [2.45, 2.75) is 39.0 Å². The van der Waals surface area contributed by atoms with Crippen molar-refractivity contribution < 1.29 is 14.3 Å². The summed E-state index contributed by atoms with van der Waals surface area (Å²) in [5.41, 5.74) is 0.937. The van der Waals surface area contributed by atoms with Gasteiger partial charge in [0.05, 0.1) is 6.61 Å². The first-order valence-electron chi connectivity index (χ1n) is 8.70. The van der Waals surface area contributed by atoms with E-state index >= 15 is 0 Å². The Balaban J connectivity index is 2.03. The van der Waals surface area contributed by atoms with Gasteiger partial charge in [-0.3, -0.25) is 9.59 Å². The molecular formula is C19H28N2O3. The van der Waals surface area contributed by atoms with E-state index in [-0.39, 0.29) is 11.9 Å². The van der Waals surface area contributed by atoms with Crippen LogP contribution >= 0.6 is 0 Å². The molecule has 1 aliphatic carbocycles. The third kappa shape index (κ3) is 4.35. The van der Waals surface area contributed by atoms with Crippen LogP contribution in [-0.4, -0.2) is 44.0 Å². The van der Waals surface area contributed by atoms with Crippen molar-refractivity contribution >= 4 is 17.6 Å². The van der Waals surface area contributed by atoms with Crippen molar-refractivity contribution in [3.05, 3.63) is 29.8 Å². The summed E-state index contributed by atoms with van der Waals surface area (Å²) < 4.78 is 5.16. The zero-order valence-electron chi connectivity index (χ0n) is 14.9. The molecule has 5 nitrogen and oxygen atoms in total. The van der Waals surface area contributed by atoms with E-state index in [4.69, 9.17) is 4.74 Å². The molecule has 0 atom stereocenters. The van der Waals surface area contributed by atoms with Crippen LogP contribution in [0.4, 0.5) is 5.69 Å². The Labute approximate surface area is 144 Å². The van der Waals surface area contributed by atoms with Crippen molar-refractivity contribution in [3.63, 3.8) is 0 Å². The minimum absolute atomic E-state index is 0.237. The van der Waals surface area contributed by atoms with Crippen LogP contribution in [0, 0.1) is 5.41 Å². The molecule has 0 aliphatic heterocycles. The Kier molecular flexibility index (Phi) is 6.37. The molecule has 1 aliphatic rings. The smallest absolute Gasteiger partial charge is 0.321 e. The van der Waals surface area contributed by atoms with Gasteiger partial charge >= 0.3 is 5.97 Å². The van der Waals surface area contributed by atoms with E-state index in [0.717, 1.165) is 31.5 Å². The molecule has 0 spiro atoms. The van der Waals surface area contributed by atoms with Crippen molar-refractivity contribution in [1.29, 1.82) is 0 Å². The Bertz CT molecular complexity index is 560. The van der Waals surface area contributed by atoms with Gasteiger partial charge in [-0.05, 0) is 58.0 Å². The molecule has 0 bridgehead atoms. The molecule has 2 rings (SSSR count). The molecule has 132 valence electrons. The maximum Gasteiger partial charge on any atom is 0.321 e. The molecule has 0 heterocycles. The summed E-state index contributed by atoms with van der Waals surface area (Å²) in [6.07, 6.45) is 3.87. The Hall–Kier alpha value is -1.88. The standard InChI is InChI=1S/C19H28N2O3/c1-4-24-18(23)19(12-5-6-13-19)17(22)20-16-9-7-15(8-10-16)11-14-21(2)3/h7-10H,4-6,11-14H2,1-3H3,(H,20,22). The Morgan fingerprint density at radius 2 is 1.79 bits per heavy atom. The highest BCUT2D eigenvalue weighted by Crippen LogP contribution is 2.40. The lowest BCUT2D eigenvalue weighted by atomic mass is 9.85. The van der Waals surface area contributed by atoms with Gasteiger partial charge in [0.2, 0.25) is 5.91 Å². The number of anilines is 1. The zero-order valence-corrected chi connectivity index (χ0v) is 14.9. The van der Waals surface area contributed by atoms with E-state index in [0.29, 0.717) is 19.4 Å². The van der Waals surface area contributed by atoms with Crippen molar-refractivity contribution in [3.8, 4) is 0 Å².